The number of amides is 1. The molecule has 2 fully saturated rings. The molecule has 41 heavy (non-hydrogen) atoms. The molecule has 218 valence electrons. The number of carbonyl (C=O) groups is 1. The van der Waals surface area contributed by atoms with Crippen LogP contribution in [-0.4, -0.2) is 66.5 Å². The van der Waals surface area contributed by atoms with E-state index in [0.717, 1.165) is 71.9 Å². The Morgan fingerprint density at radius 2 is 2.00 bits per heavy atom. The maximum Gasteiger partial charge on any atom is 0.247 e. The summed E-state index contributed by atoms with van der Waals surface area (Å²) in [6.07, 6.45) is 10.4. The Bertz CT molecular complexity index is 1420. The van der Waals surface area contributed by atoms with E-state index >= 15 is 0 Å². The lowest BCUT2D eigenvalue weighted by atomic mass is 10.0. The normalized spacial score (nSPS) is 21.2. The minimum absolute atomic E-state index is 0.216. The molecular weight excluding hydrogens is 512 g/mol. The third kappa shape index (κ3) is 5.89. The second kappa shape index (κ2) is 12.5. The van der Waals surface area contributed by atoms with Gasteiger partial charge in [0.25, 0.3) is 0 Å². The lowest BCUT2D eigenvalue weighted by Gasteiger charge is -2.45. The van der Waals surface area contributed by atoms with E-state index in [1.165, 1.54) is 24.6 Å². The number of pyridine rings is 1. The fraction of sp³-hybridized carbons (Fsp3) is 0.485. The minimum Gasteiger partial charge on any atom is -0.496 e. The molecular formula is C33H44N6O2. The zero-order chi connectivity index (χ0) is 29.1. The number of allylic oxidation sites excluding steroid dienone is 2. The van der Waals surface area contributed by atoms with Gasteiger partial charge < -0.3 is 19.5 Å². The molecule has 5 rings (SSSR count). The van der Waals surface area contributed by atoms with Gasteiger partial charge in [-0.15, -0.1) is 0 Å². The van der Waals surface area contributed by atoms with Crippen molar-refractivity contribution in [3.05, 3.63) is 71.0 Å². The molecule has 1 N–H and O–H groups in total. The van der Waals surface area contributed by atoms with E-state index < -0.39 is 0 Å². The molecule has 0 saturated carbocycles. The fourth-order valence-corrected chi connectivity index (χ4v) is 6.68. The van der Waals surface area contributed by atoms with Gasteiger partial charge in [0.1, 0.15) is 11.2 Å². The number of nitrogens with zero attached hydrogens (tertiary/aromatic N) is 5. The maximum atomic E-state index is 12.5. The van der Waals surface area contributed by atoms with Crippen LogP contribution in [-0.2, 0) is 24.7 Å². The molecule has 4 heterocycles. The Morgan fingerprint density at radius 1 is 1.24 bits per heavy atom. The van der Waals surface area contributed by atoms with Crippen molar-refractivity contribution in [2.75, 3.05) is 37.0 Å². The molecule has 2 saturated heterocycles. The molecule has 3 atom stereocenters. The lowest BCUT2D eigenvalue weighted by Crippen LogP contribution is -2.56. The number of ether oxygens (including phenoxy) is 1. The molecule has 2 bridgehead atoms. The van der Waals surface area contributed by atoms with Crippen LogP contribution in [0.4, 0.5) is 11.4 Å². The third-order valence-electron chi connectivity index (χ3n) is 8.91. The van der Waals surface area contributed by atoms with Crippen LogP contribution in [0.5, 0.6) is 5.75 Å². The van der Waals surface area contributed by atoms with Crippen molar-refractivity contribution < 1.29 is 9.53 Å². The molecule has 0 radical (unpaired) electrons. The Morgan fingerprint density at radius 3 is 2.66 bits per heavy atom. The van der Waals surface area contributed by atoms with Gasteiger partial charge in [-0.3, -0.25) is 19.7 Å². The van der Waals surface area contributed by atoms with Crippen LogP contribution in [0.15, 0.2) is 58.7 Å². The van der Waals surface area contributed by atoms with Gasteiger partial charge in [-0.25, -0.2) is 0 Å². The van der Waals surface area contributed by atoms with Crippen LogP contribution in [0.2, 0.25) is 0 Å². The van der Waals surface area contributed by atoms with Gasteiger partial charge in [-0.1, -0.05) is 19.6 Å². The van der Waals surface area contributed by atoms with Crippen molar-refractivity contribution in [3.63, 3.8) is 0 Å². The van der Waals surface area contributed by atoms with E-state index in [0.29, 0.717) is 24.5 Å². The number of fused-ring (bicyclic) bond motifs is 3. The second-order valence-corrected chi connectivity index (χ2v) is 11.3. The van der Waals surface area contributed by atoms with Crippen LogP contribution >= 0.6 is 0 Å². The van der Waals surface area contributed by atoms with Crippen molar-refractivity contribution in [2.24, 2.45) is 17.0 Å². The van der Waals surface area contributed by atoms with Crippen LogP contribution in [0.25, 0.3) is 0 Å². The van der Waals surface area contributed by atoms with Crippen molar-refractivity contribution >= 4 is 23.5 Å². The number of nitrogens with one attached hydrogen (secondary N) is 1. The summed E-state index contributed by atoms with van der Waals surface area (Å²) in [7, 11) is 3.78. The van der Waals surface area contributed by atoms with E-state index in [9.17, 15) is 4.79 Å². The van der Waals surface area contributed by atoms with E-state index in [-0.39, 0.29) is 5.91 Å². The number of carbonyl (C=O) groups excluding carboxylic acids is 1. The van der Waals surface area contributed by atoms with E-state index in [4.69, 9.17) is 9.73 Å². The first-order chi connectivity index (χ1) is 19.9. The van der Waals surface area contributed by atoms with Gasteiger partial charge in [0.2, 0.25) is 5.91 Å². The van der Waals surface area contributed by atoms with Crippen molar-refractivity contribution in [2.45, 2.75) is 71.0 Å². The van der Waals surface area contributed by atoms with Crippen LogP contribution in [0.3, 0.4) is 0 Å². The number of rotatable bonds is 9. The largest absolute Gasteiger partial charge is 0.496 e. The predicted molar refractivity (Wildman–Crippen MR) is 167 cm³/mol. The smallest absolute Gasteiger partial charge is 0.247 e. The quantitative estimate of drug-likeness (QED) is 0.457. The van der Waals surface area contributed by atoms with Gasteiger partial charge in [0, 0.05) is 92.4 Å². The molecule has 8 heteroatoms. The summed E-state index contributed by atoms with van der Waals surface area (Å²) in [4.78, 5) is 27.1. The molecule has 0 spiro atoms. The number of aliphatic imine (C=N–C) groups is 1. The van der Waals surface area contributed by atoms with Gasteiger partial charge in [-0.05, 0) is 57.4 Å². The number of hydrogen-bond donors (Lipinski definition) is 1. The fourth-order valence-electron chi connectivity index (χ4n) is 6.68. The number of aromatic nitrogens is 1. The highest BCUT2D eigenvalue weighted by Gasteiger charge is 2.42. The molecule has 2 aromatic rings. The topological polar surface area (TPSA) is 74.5 Å². The Balaban J connectivity index is 1.45. The van der Waals surface area contributed by atoms with Crippen LogP contribution < -0.4 is 20.4 Å². The number of piperazine rings is 1. The molecule has 0 aliphatic carbocycles. The average molecular weight is 557 g/mol. The summed E-state index contributed by atoms with van der Waals surface area (Å²) in [5, 5.41) is 3.09. The standard InChI is InChI=1S/C33H44N6O2/c1-7-22(4)39-26-12-13-27(39)21-38(20-26)30-18-31(41-6)24(17-28(30)36-33(40)8-2)16-25-11-14-29-23(19-35-25)10-15-32(34-9-3)37(29)5/h8,10-11,15,17-19,22,26-27H,2,7,9,12-14,16,20-21H2,1,3-6H3,(H,36,40)/b34-32-. The number of anilines is 2. The van der Waals surface area contributed by atoms with E-state index in [1.54, 1.807) is 7.11 Å². The second-order valence-electron chi connectivity index (χ2n) is 11.3. The molecule has 8 nitrogen and oxygen atoms in total. The van der Waals surface area contributed by atoms with Gasteiger partial charge in [0.05, 0.1) is 18.5 Å². The maximum absolute atomic E-state index is 12.5. The Labute approximate surface area is 244 Å². The lowest BCUT2D eigenvalue weighted by molar-refractivity contribution is -0.111. The first kappa shape index (κ1) is 28.9. The van der Waals surface area contributed by atoms with Gasteiger partial charge >= 0.3 is 0 Å². The van der Waals surface area contributed by atoms with Gasteiger partial charge in [-0.2, -0.15) is 0 Å². The van der Waals surface area contributed by atoms with Crippen molar-refractivity contribution in [1.29, 1.82) is 0 Å². The van der Waals surface area contributed by atoms with Crippen molar-refractivity contribution in [3.8, 4) is 5.75 Å². The third-order valence-corrected chi connectivity index (χ3v) is 8.91. The van der Waals surface area contributed by atoms with Gasteiger partial charge in [0.15, 0.2) is 0 Å². The molecule has 3 unspecified atom stereocenters. The summed E-state index contributed by atoms with van der Waals surface area (Å²) in [6.45, 7) is 13.0. The number of methoxy groups -OCH3 is 1. The zero-order valence-corrected chi connectivity index (χ0v) is 25.2. The van der Waals surface area contributed by atoms with Crippen molar-refractivity contribution in [1.82, 2.24) is 9.47 Å². The molecule has 1 amide bonds. The minimum atomic E-state index is -0.216. The van der Waals surface area contributed by atoms with Crippen LogP contribution in [0, 0.1) is 0 Å². The molecule has 3 aliphatic heterocycles. The first-order valence-electron chi connectivity index (χ1n) is 15.0. The van der Waals surface area contributed by atoms with E-state index in [1.807, 2.05) is 19.2 Å². The van der Waals surface area contributed by atoms with E-state index in [2.05, 4.69) is 76.4 Å². The van der Waals surface area contributed by atoms with Crippen LogP contribution in [0.1, 0.15) is 56.9 Å². The summed E-state index contributed by atoms with van der Waals surface area (Å²) < 4.78 is 8.09. The highest BCUT2D eigenvalue weighted by molar-refractivity contribution is 6.01. The molecule has 1 aromatic carbocycles. The number of benzene rings is 1. The predicted octanol–water partition coefficient (Wildman–Crippen LogP) is 4.63. The first-order valence-corrected chi connectivity index (χ1v) is 15.0. The molecule has 3 aliphatic rings. The summed E-state index contributed by atoms with van der Waals surface area (Å²) in [5.74, 6) is 0.590. The zero-order valence-electron chi connectivity index (χ0n) is 25.2. The average Bonchev–Trinajstić information content (AvgIpc) is 3.12. The number of hydrogen-bond acceptors (Lipinski definition) is 6. The molecule has 1 aromatic heterocycles. The highest BCUT2D eigenvalue weighted by atomic mass is 16.5. The monoisotopic (exact) mass is 556 g/mol. The summed E-state index contributed by atoms with van der Waals surface area (Å²) >= 11 is 0. The highest BCUT2D eigenvalue weighted by Crippen LogP contribution is 2.40. The summed E-state index contributed by atoms with van der Waals surface area (Å²) in [6, 6.07) is 9.93. The summed E-state index contributed by atoms with van der Waals surface area (Å²) in [5.41, 5.74) is 6.99. The SMILES string of the molecule is C=CC(=O)Nc1cc(CC2=CCc3c(cc/c(=N/CC)n3C)C=N2)c(OC)cc1N1CC2CCC(C1)N2C(C)CC. The Hall–Kier alpha value is -3.65. The Kier molecular flexibility index (Phi) is 8.78.